The molecule has 0 radical (unpaired) electrons. The third-order valence-electron chi connectivity index (χ3n) is 3.43. The number of aryl methyl sites for hydroxylation is 1. The van der Waals surface area contributed by atoms with E-state index in [2.05, 4.69) is 61.5 Å². The van der Waals surface area contributed by atoms with Crippen LogP contribution in [0.5, 0.6) is 0 Å². The quantitative estimate of drug-likeness (QED) is 0.854. The maximum atomic E-state index is 4.58. The SMILES string of the molecule is Cc1cccc(C(NC(C)C)C2=NCCN2)c1C. The van der Waals surface area contributed by atoms with E-state index >= 15 is 0 Å². The molecule has 2 rings (SSSR count). The summed E-state index contributed by atoms with van der Waals surface area (Å²) >= 11 is 0. The predicted octanol–water partition coefficient (Wildman–Crippen LogP) is 2.34. The Hall–Kier alpha value is -1.35. The maximum absolute atomic E-state index is 4.58. The molecule has 0 fully saturated rings. The summed E-state index contributed by atoms with van der Waals surface area (Å²) in [6, 6.07) is 7.11. The van der Waals surface area contributed by atoms with Crippen molar-refractivity contribution in [2.24, 2.45) is 4.99 Å². The van der Waals surface area contributed by atoms with Crippen LogP contribution in [0.2, 0.25) is 0 Å². The molecule has 1 heterocycles. The van der Waals surface area contributed by atoms with Gasteiger partial charge in [0.15, 0.2) is 0 Å². The molecular weight excluding hydrogens is 222 g/mol. The lowest BCUT2D eigenvalue weighted by Gasteiger charge is -2.24. The average Bonchev–Trinajstić information content (AvgIpc) is 2.83. The Kier molecular flexibility index (Phi) is 4.02. The number of amidine groups is 1. The van der Waals surface area contributed by atoms with Gasteiger partial charge in [0.25, 0.3) is 0 Å². The van der Waals surface area contributed by atoms with Gasteiger partial charge in [-0.3, -0.25) is 4.99 Å². The fraction of sp³-hybridized carbons (Fsp3) is 0.533. The van der Waals surface area contributed by atoms with Gasteiger partial charge >= 0.3 is 0 Å². The molecule has 98 valence electrons. The molecule has 0 amide bonds. The highest BCUT2D eigenvalue weighted by Gasteiger charge is 2.22. The highest BCUT2D eigenvalue weighted by atomic mass is 15.1. The molecule has 18 heavy (non-hydrogen) atoms. The van der Waals surface area contributed by atoms with Crippen LogP contribution >= 0.6 is 0 Å². The fourth-order valence-corrected chi connectivity index (χ4v) is 2.35. The van der Waals surface area contributed by atoms with Gasteiger partial charge in [0.05, 0.1) is 12.6 Å². The Morgan fingerprint density at radius 1 is 1.28 bits per heavy atom. The van der Waals surface area contributed by atoms with Crippen LogP contribution in [-0.2, 0) is 0 Å². The van der Waals surface area contributed by atoms with Gasteiger partial charge in [-0.25, -0.2) is 0 Å². The lowest BCUT2D eigenvalue weighted by atomic mass is 9.96. The van der Waals surface area contributed by atoms with E-state index in [4.69, 9.17) is 0 Å². The van der Waals surface area contributed by atoms with Crippen LogP contribution in [0.3, 0.4) is 0 Å². The van der Waals surface area contributed by atoms with Crippen molar-refractivity contribution >= 4 is 5.84 Å². The monoisotopic (exact) mass is 245 g/mol. The van der Waals surface area contributed by atoms with Crippen LogP contribution in [0.1, 0.15) is 36.6 Å². The summed E-state index contributed by atoms with van der Waals surface area (Å²) in [5.74, 6) is 1.08. The fourth-order valence-electron chi connectivity index (χ4n) is 2.35. The minimum atomic E-state index is 0.187. The van der Waals surface area contributed by atoms with Crippen LogP contribution < -0.4 is 10.6 Å². The van der Waals surface area contributed by atoms with E-state index in [0.29, 0.717) is 6.04 Å². The smallest absolute Gasteiger partial charge is 0.118 e. The minimum Gasteiger partial charge on any atom is -0.370 e. The summed E-state index contributed by atoms with van der Waals surface area (Å²) in [5, 5.41) is 7.01. The highest BCUT2D eigenvalue weighted by Crippen LogP contribution is 2.22. The van der Waals surface area contributed by atoms with Gasteiger partial charge < -0.3 is 10.6 Å². The second kappa shape index (κ2) is 5.53. The second-order valence-corrected chi connectivity index (χ2v) is 5.24. The van der Waals surface area contributed by atoms with Gasteiger partial charge in [0.1, 0.15) is 5.84 Å². The predicted molar refractivity (Wildman–Crippen MR) is 77.2 cm³/mol. The zero-order chi connectivity index (χ0) is 13.1. The average molecular weight is 245 g/mol. The third kappa shape index (κ3) is 2.72. The van der Waals surface area contributed by atoms with Gasteiger partial charge in [-0.1, -0.05) is 18.2 Å². The molecule has 2 N–H and O–H groups in total. The largest absolute Gasteiger partial charge is 0.370 e. The molecule has 1 aliphatic heterocycles. The molecule has 0 aliphatic carbocycles. The van der Waals surface area contributed by atoms with Crippen LogP contribution in [0.15, 0.2) is 23.2 Å². The molecule has 1 unspecified atom stereocenters. The van der Waals surface area contributed by atoms with Gasteiger partial charge in [-0.05, 0) is 44.4 Å². The van der Waals surface area contributed by atoms with E-state index < -0.39 is 0 Å². The first kappa shape index (κ1) is 13.1. The summed E-state index contributed by atoms with van der Waals surface area (Å²) in [6.45, 7) is 10.5. The summed E-state index contributed by atoms with van der Waals surface area (Å²) in [7, 11) is 0. The maximum Gasteiger partial charge on any atom is 0.118 e. The van der Waals surface area contributed by atoms with Crippen molar-refractivity contribution in [3.63, 3.8) is 0 Å². The minimum absolute atomic E-state index is 0.187. The molecule has 1 aliphatic rings. The standard InChI is InChI=1S/C15H23N3/c1-10(2)18-14(15-16-8-9-17-15)13-7-5-6-11(3)12(13)4/h5-7,10,14,18H,8-9H2,1-4H3,(H,16,17). The summed E-state index contributed by atoms with van der Waals surface area (Å²) < 4.78 is 0. The zero-order valence-electron chi connectivity index (χ0n) is 11.7. The Morgan fingerprint density at radius 3 is 2.67 bits per heavy atom. The molecular formula is C15H23N3. The molecule has 1 aromatic rings. The summed E-state index contributed by atoms with van der Waals surface area (Å²) in [6.07, 6.45) is 0. The summed E-state index contributed by atoms with van der Waals surface area (Å²) in [5.41, 5.74) is 4.02. The highest BCUT2D eigenvalue weighted by molar-refractivity contribution is 5.90. The lowest BCUT2D eigenvalue weighted by molar-refractivity contribution is 0.550. The number of hydrogen-bond donors (Lipinski definition) is 2. The normalized spacial score (nSPS) is 16.6. The molecule has 0 spiro atoms. The Morgan fingerprint density at radius 2 is 2.06 bits per heavy atom. The molecule has 1 atom stereocenters. The molecule has 3 nitrogen and oxygen atoms in total. The number of rotatable bonds is 4. The third-order valence-corrected chi connectivity index (χ3v) is 3.43. The van der Waals surface area contributed by atoms with Crippen molar-refractivity contribution < 1.29 is 0 Å². The zero-order valence-corrected chi connectivity index (χ0v) is 11.7. The first-order valence-corrected chi connectivity index (χ1v) is 6.70. The number of aliphatic imine (C=N–C) groups is 1. The van der Waals surface area contributed by atoms with Crippen LogP contribution in [-0.4, -0.2) is 25.0 Å². The Balaban J connectivity index is 2.36. The van der Waals surface area contributed by atoms with Crippen LogP contribution in [0.4, 0.5) is 0 Å². The lowest BCUT2D eigenvalue weighted by Crippen LogP contribution is -2.39. The van der Waals surface area contributed by atoms with E-state index in [1.165, 1.54) is 16.7 Å². The van der Waals surface area contributed by atoms with Crippen molar-refractivity contribution in [2.75, 3.05) is 13.1 Å². The van der Waals surface area contributed by atoms with Gasteiger partial charge in [-0.15, -0.1) is 0 Å². The van der Waals surface area contributed by atoms with Crippen molar-refractivity contribution in [1.82, 2.24) is 10.6 Å². The molecule has 0 saturated heterocycles. The molecule has 3 heteroatoms. The van der Waals surface area contributed by atoms with Gasteiger partial charge in [0, 0.05) is 12.6 Å². The van der Waals surface area contributed by atoms with E-state index in [1.54, 1.807) is 0 Å². The number of nitrogens with one attached hydrogen (secondary N) is 2. The Bertz CT molecular complexity index is 449. The molecule has 0 saturated carbocycles. The first-order valence-electron chi connectivity index (χ1n) is 6.70. The van der Waals surface area contributed by atoms with Crippen molar-refractivity contribution in [1.29, 1.82) is 0 Å². The second-order valence-electron chi connectivity index (χ2n) is 5.24. The van der Waals surface area contributed by atoms with Crippen molar-refractivity contribution in [3.8, 4) is 0 Å². The topological polar surface area (TPSA) is 36.4 Å². The van der Waals surface area contributed by atoms with Gasteiger partial charge in [-0.2, -0.15) is 0 Å². The molecule has 1 aromatic carbocycles. The number of benzene rings is 1. The van der Waals surface area contributed by atoms with Crippen LogP contribution in [0, 0.1) is 13.8 Å². The van der Waals surface area contributed by atoms with E-state index in [9.17, 15) is 0 Å². The van der Waals surface area contributed by atoms with Crippen molar-refractivity contribution in [3.05, 3.63) is 34.9 Å². The number of nitrogens with zero attached hydrogens (tertiary/aromatic N) is 1. The Labute approximate surface area is 110 Å². The first-order chi connectivity index (χ1) is 8.59. The van der Waals surface area contributed by atoms with Crippen molar-refractivity contribution in [2.45, 2.75) is 39.8 Å². The molecule has 0 aromatic heterocycles. The molecule has 0 bridgehead atoms. The van der Waals surface area contributed by atoms with E-state index in [1.807, 2.05) is 0 Å². The number of hydrogen-bond acceptors (Lipinski definition) is 3. The van der Waals surface area contributed by atoms with E-state index in [0.717, 1.165) is 18.9 Å². The summed E-state index contributed by atoms with van der Waals surface area (Å²) in [4.78, 5) is 4.58. The van der Waals surface area contributed by atoms with E-state index in [-0.39, 0.29) is 6.04 Å². The van der Waals surface area contributed by atoms with Crippen LogP contribution in [0.25, 0.3) is 0 Å². The van der Waals surface area contributed by atoms with Gasteiger partial charge in [0.2, 0.25) is 0 Å².